The highest BCUT2D eigenvalue weighted by Crippen LogP contribution is 2.26. The van der Waals surface area contributed by atoms with Gasteiger partial charge in [-0.3, -0.25) is 0 Å². The molecule has 0 fully saturated rings. The predicted molar refractivity (Wildman–Crippen MR) is 77.6 cm³/mol. The normalized spacial score (nSPS) is 14.0. The number of hydrogen-bond donors (Lipinski definition) is 0. The van der Waals surface area contributed by atoms with Gasteiger partial charge in [0.1, 0.15) is 11.3 Å². The van der Waals surface area contributed by atoms with Gasteiger partial charge in [0.25, 0.3) is 0 Å². The Balaban J connectivity index is 2.60. The van der Waals surface area contributed by atoms with Gasteiger partial charge in [-0.1, -0.05) is 0 Å². The zero-order chi connectivity index (χ0) is 14.2. The number of ether oxygens (including phenoxy) is 1. The van der Waals surface area contributed by atoms with Gasteiger partial charge < -0.3 is 9.30 Å². The van der Waals surface area contributed by atoms with Crippen LogP contribution >= 0.6 is 11.6 Å². The first-order valence-electron chi connectivity index (χ1n) is 6.37. The number of halogens is 1. The second-order valence-electron chi connectivity index (χ2n) is 5.43. The zero-order valence-electron chi connectivity index (χ0n) is 12.1. The lowest BCUT2D eigenvalue weighted by Gasteiger charge is -2.25. The maximum Gasteiger partial charge on any atom is 0.160 e. The largest absolute Gasteiger partial charge is 0.377 e. The molecule has 1 unspecified atom stereocenters. The second-order valence-corrected chi connectivity index (χ2v) is 6.09. The van der Waals surface area contributed by atoms with Gasteiger partial charge in [-0.05, 0) is 39.8 Å². The zero-order valence-corrected chi connectivity index (χ0v) is 12.8. The van der Waals surface area contributed by atoms with E-state index in [1.165, 1.54) is 0 Å². The standard InChI is InChI=1S/C14H20ClN3O/c1-9-6-7-11-13(16-9)18(8-14(3,4)19-5)12(17-11)10(2)15/h6-7,10H,8H2,1-5H3. The average molecular weight is 282 g/mol. The van der Waals surface area contributed by atoms with E-state index in [9.17, 15) is 0 Å². The van der Waals surface area contributed by atoms with Gasteiger partial charge in [0.05, 0.1) is 17.5 Å². The molecule has 4 nitrogen and oxygen atoms in total. The SMILES string of the molecule is COC(C)(C)Cn1c(C(C)Cl)nc2ccc(C)nc21. The number of hydrogen-bond acceptors (Lipinski definition) is 3. The van der Waals surface area contributed by atoms with Crippen LogP contribution in [0.15, 0.2) is 12.1 Å². The fourth-order valence-corrected chi connectivity index (χ4v) is 2.19. The van der Waals surface area contributed by atoms with Gasteiger partial charge >= 0.3 is 0 Å². The number of alkyl halides is 1. The Morgan fingerprint density at radius 2 is 2.05 bits per heavy atom. The van der Waals surface area contributed by atoms with Crippen LogP contribution in [-0.2, 0) is 11.3 Å². The molecule has 0 saturated carbocycles. The summed E-state index contributed by atoms with van der Waals surface area (Å²) in [6.07, 6.45) is 0. The molecule has 0 spiro atoms. The minimum Gasteiger partial charge on any atom is -0.377 e. The van der Waals surface area contributed by atoms with Crippen molar-refractivity contribution in [2.45, 2.75) is 45.2 Å². The van der Waals surface area contributed by atoms with Crippen molar-refractivity contribution in [1.29, 1.82) is 0 Å². The molecule has 2 aromatic rings. The number of pyridine rings is 1. The van der Waals surface area contributed by atoms with E-state index in [-0.39, 0.29) is 11.0 Å². The maximum absolute atomic E-state index is 6.24. The third-order valence-electron chi connectivity index (χ3n) is 3.21. The molecule has 2 rings (SSSR count). The number of methoxy groups -OCH3 is 1. The lowest BCUT2D eigenvalue weighted by atomic mass is 10.1. The third-order valence-corrected chi connectivity index (χ3v) is 3.40. The summed E-state index contributed by atoms with van der Waals surface area (Å²) in [5, 5.41) is -0.165. The Morgan fingerprint density at radius 1 is 1.37 bits per heavy atom. The van der Waals surface area contributed by atoms with E-state index in [1.54, 1.807) is 7.11 Å². The Hall–Kier alpha value is -1.13. The quantitative estimate of drug-likeness (QED) is 0.806. The van der Waals surface area contributed by atoms with Crippen LogP contribution < -0.4 is 0 Å². The van der Waals surface area contributed by atoms with Crippen LogP contribution in [0.3, 0.4) is 0 Å². The molecule has 19 heavy (non-hydrogen) atoms. The van der Waals surface area contributed by atoms with E-state index in [2.05, 4.69) is 14.5 Å². The van der Waals surface area contributed by atoms with Crippen molar-refractivity contribution in [3.8, 4) is 0 Å². The number of imidazole rings is 1. The van der Waals surface area contributed by atoms with Gasteiger partial charge in [-0.25, -0.2) is 9.97 Å². The van der Waals surface area contributed by atoms with Gasteiger partial charge in [0, 0.05) is 12.8 Å². The molecule has 2 heterocycles. The highest BCUT2D eigenvalue weighted by atomic mass is 35.5. The monoisotopic (exact) mass is 281 g/mol. The van der Waals surface area contributed by atoms with Crippen LogP contribution in [0.5, 0.6) is 0 Å². The molecule has 0 N–H and O–H groups in total. The molecule has 5 heteroatoms. The lowest BCUT2D eigenvalue weighted by Crippen LogP contribution is -2.30. The van der Waals surface area contributed by atoms with E-state index in [4.69, 9.17) is 16.3 Å². The number of fused-ring (bicyclic) bond motifs is 1. The van der Waals surface area contributed by atoms with Crippen molar-refractivity contribution < 1.29 is 4.74 Å². The van der Waals surface area contributed by atoms with Crippen molar-refractivity contribution in [3.63, 3.8) is 0 Å². The molecule has 0 bridgehead atoms. The van der Waals surface area contributed by atoms with Crippen LogP contribution in [0.2, 0.25) is 0 Å². The maximum atomic E-state index is 6.24. The van der Waals surface area contributed by atoms with E-state index in [0.29, 0.717) is 6.54 Å². The Bertz CT molecular complexity index is 590. The van der Waals surface area contributed by atoms with Crippen LogP contribution in [0, 0.1) is 6.92 Å². The molecule has 2 aromatic heterocycles. The summed E-state index contributed by atoms with van der Waals surface area (Å²) in [6.45, 7) is 8.64. The Labute approximate surface area is 118 Å². The molecule has 0 aromatic carbocycles. The average Bonchev–Trinajstić information content (AvgIpc) is 2.67. The summed E-state index contributed by atoms with van der Waals surface area (Å²) in [4.78, 5) is 9.17. The molecular weight excluding hydrogens is 262 g/mol. The first-order valence-corrected chi connectivity index (χ1v) is 6.81. The number of rotatable bonds is 4. The lowest BCUT2D eigenvalue weighted by molar-refractivity contribution is 0.00830. The molecule has 0 aliphatic heterocycles. The van der Waals surface area contributed by atoms with Gasteiger partial charge in [0.2, 0.25) is 0 Å². The summed E-state index contributed by atoms with van der Waals surface area (Å²) in [7, 11) is 1.71. The Kier molecular flexibility index (Phi) is 3.83. The van der Waals surface area contributed by atoms with Crippen molar-refractivity contribution in [2.24, 2.45) is 0 Å². The molecule has 0 aliphatic carbocycles. The number of aromatic nitrogens is 3. The van der Waals surface area contributed by atoms with Crippen molar-refractivity contribution in [3.05, 3.63) is 23.7 Å². The summed E-state index contributed by atoms with van der Waals surface area (Å²) in [5.41, 5.74) is 2.42. The summed E-state index contributed by atoms with van der Waals surface area (Å²) in [5.74, 6) is 0.833. The summed E-state index contributed by atoms with van der Waals surface area (Å²) >= 11 is 6.24. The smallest absolute Gasteiger partial charge is 0.160 e. The first-order chi connectivity index (χ1) is 8.84. The predicted octanol–water partition coefficient (Wildman–Crippen LogP) is 3.46. The number of aryl methyl sites for hydroxylation is 1. The second kappa shape index (κ2) is 5.10. The van der Waals surface area contributed by atoms with E-state index in [0.717, 1.165) is 22.7 Å². The molecule has 0 radical (unpaired) electrons. The van der Waals surface area contributed by atoms with Crippen molar-refractivity contribution >= 4 is 22.8 Å². The molecule has 104 valence electrons. The van der Waals surface area contributed by atoms with E-state index < -0.39 is 0 Å². The molecule has 0 saturated heterocycles. The van der Waals surface area contributed by atoms with Gasteiger partial charge in [-0.2, -0.15) is 0 Å². The van der Waals surface area contributed by atoms with Gasteiger partial charge in [-0.15, -0.1) is 11.6 Å². The minimum atomic E-state index is -0.292. The number of nitrogens with zero attached hydrogens (tertiary/aromatic N) is 3. The van der Waals surface area contributed by atoms with Crippen LogP contribution in [0.4, 0.5) is 0 Å². The van der Waals surface area contributed by atoms with Crippen LogP contribution in [-0.4, -0.2) is 27.2 Å². The highest BCUT2D eigenvalue weighted by Gasteiger charge is 2.23. The fraction of sp³-hybridized carbons (Fsp3) is 0.571. The minimum absolute atomic E-state index is 0.165. The molecule has 0 amide bonds. The highest BCUT2D eigenvalue weighted by molar-refractivity contribution is 6.20. The van der Waals surface area contributed by atoms with E-state index >= 15 is 0 Å². The third kappa shape index (κ3) is 2.90. The fourth-order valence-electron chi connectivity index (χ4n) is 2.02. The molecular formula is C14H20ClN3O. The summed E-state index contributed by atoms with van der Waals surface area (Å²) < 4.78 is 7.56. The first kappa shape index (κ1) is 14.3. The van der Waals surface area contributed by atoms with E-state index in [1.807, 2.05) is 39.8 Å². The summed E-state index contributed by atoms with van der Waals surface area (Å²) in [6, 6.07) is 3.94. The van der Waals surface area contributed by atoms with Crippen LogP contribution in [0.1, 0.15) is 37.7 Å². The Morgan fingerprint density at radius 3 is 2.63 bits per heavy atom. The molecule has 1 atom stereocenters. The van der Waals surface area contributed by atoms with Crippen molar-refractivity contribution in [2.75, 3.05) is 7.11 Å². The van der Waals surface area contributed by atoms with Gasteiger partial charge in [0.15, 0.2) is 5.65 Å². The topological polar surface area (TPSA) is 39.9 Å². The van der Waals surface area contributed by atoms with Crippen molar-refractivity contribution in [1.82, 2.24) is 14.5 Å². The molecule has 0 aliphatic rings. The van der Waals surface area contributed by atoms with Crippen LogP contribution in [0.25, 0.3) is 11.2 Å².